The Balaban J connectivity index is 1.91. The minimum absolute atomic E-state index is 0.0415. The second kappa shape index (κ2) is 5.84. The smallest absolute Gasteiger partial charge is 0.416 e. The summed E-state index contributed by atoms with van der Waals surface area (Å²) in [4.78, 5) is 4.03. The van der Waals surface area contributed by atoms with Gasteiger partial charge in [-0.2, -0.15) is 13.2 Å². The number of hydrogen-bond donors (Lipinski definition) is 0. The topological polar surface area (TPSA) is 25.4 Å². The van der Waals surface area contributed by atoms with Crippen molar-refractivity contribution in [3.63, 3.8) is 0 Å². The van der Waals surface area contributed by atoms with E-state index >= 15 is 0 Å². The molecule has 1 aromatic heterocycles. The number of nitrogens with zero attached hydrogens (tertiary/aromatic N) is 2. The normalized spacial score (nSPS) is 23.1. The molecule has 2 atom stereocenters. The highest BCUT2D eigenvalue weighted by molar-refractivity contribution is 14.1. The van der Waals surface area contributed by atoms with Gasteiger partial charge in [0.2, 0.25) is 0 Å². The van der Waals surface area contributed by atoms with E-state index in [0.717, 1.165) is 25.1 Å². The summed E-state index contributed by atoms with van der Waals surface area (Å²) < 4.78 is 46.5. The fraction of sp³-hybridized carbons (Fsp3) is 0.400. The molecule has 0 N–H and O–H groups in total. The zero-order valence-corrected chi connectivity index (χ0v) is 13.9. The van der Waals surface area contributed by atoms with Crippen LogP contribution in [0, 0.1) is 0 Å². The van der Waals surface area contributed by atoms with Gasteiger partial charge >= 0.3 is 6.18 Å². The molecule has 22 heavy (non-hydrogen) atoms. The maximum Gasteiger partial charge on any atom is 0.416 e. The average Bonchev–Trinajstić information content (AvgIpc) is 2.76. The minimum Gasteiger partial charge on any atom is -0.488 e. The summed E-state index contributed by atoms with van der Waals surface area (Å²) in [5.41, 5.74) is -0.401. The number of halogens is 4. The molecule has 1 aliphatic heterocycles. The van der Waals surface area contributed by atoms with Crippen molar-refractivity contribution in [1.29, 1.82) is 0 Å². The van der Waals surface area contributed by atoms with Gasteiger partial charge in [0.25, 0.3) is 0 Å². The summed E-state index contributed by atoms with van der Waals surface area (Å²) in [5, 5.41) is 0.607. The molecule has 2 unspecified atom stereocenters. The second-order valence-corrected chi connectivity index (χ2v) is 6.68. The van der Waals surface area contributed by atoms with Gasteiger partial charge in [-0.05, 0) is 31.2 Å². The fourth-order valence-electron chi connectivity index (χ4n) is 2.61. The molecule has 1 aromatic carbocycles. The Morgan fingerprint density at radius 1 is 1.32 bits per heavy atom. The van der Waals surface area contributed by atoms with Crippen LogP contribution in [0.15, 0.2) is 30.5 Å². The number of fused-ring (bicyclic) bond motifs is 1. The van der Waals surface area contributed by atoms with E-state index in [-0.39, 0.29) is 6.10 Å². The number of rotatable bonds is 2. The first kappa shape index (κ1) is 15.8. The lowest BCUT2D eigenvalue weighted by atomic mass is 10.1. The summed E-state index contributed by atoms with van der Waals surface area (Å²) in [6.07, 6.45) is -1.94. The third-order valence-electron chi connectivity index (χ3n) is 3.78. The Labute approximate surface area is 140 Å². The summed E-state index contributed by atoms with van der Waals surface area (Å²) in [7, 11) is 0. The molecule has 1 saturated heterocycles. The highest BCUT2D eigenvalue weighted by atomic mass is 127. The van der Waals surface area contributed by atoms with Crippen LogP contribution in [0.4, 0.5) is 13.2 Å². The van der Waals surface area contributed by atoms with Crippen molar-refractivity contribution in [2.24, 2.45) is 0 Å². The standard InChI is InChI=1S/C15H14F3IN2O/c1-9-6-11(8-21(9)19)22-14-4-5-20-13-7-10(15(16,17)18)2-3-12(13)14/h2-5,7,9,11H,6,8H2,1H3. The first-order valence-electron chi connectivity index (χ1n) is 6.89. The van der Waals surface area contributed by atoms with E-state index in [4.69, 9.17) is 4.74 Å². The van der Waals surface area contributed by atoms with Gasteiger partial charge in [0.05, 0.1) is 11.1 Å². The molecule has 1 aliphatic rings. The Bertz CT molecular complexity index is 682. The Morgan fingerprint density at radius 3 is 2.73 bits per heavy atom. The average molecular weight is 422 g/mol. The predicted molar refractivity (Wildman–Crippen MR) is 86.0 cm³/mol. The van der Waals surface area contributed by atoms with Gasteiger partial charge in [0.1, 0.15) is 11.9 Å². The first-order chi connectivity index (χ1) is 10.3. The number of pyridine rings is 1. The van der Waals surface area contributed by atoms with E-state index in [1.165, 1.54) is 12.3 Å². The number of alkyl halides is 3. The van der Waals surface area contributed by atoms with Gasteiger partial charge in [-0.15, -0.1) is 0 Å². The van der Waals surface area contributed by atoms with Gasteiger partial charge in [-0.1, -0.05) is 0 Å². The van der Waals surface area contributed by atoms with Crippen molar-refractivity contribution >= 4 is 33.8 Å². The Kier molecular flexibility index (Phi) is 4.19. The maximum atomic E-state index is 12.8. The quantitative estimate of drug-likeness (QED) is 0.529. The van der Waals surface area contributed by atoms with Gasteiger partial charge in [0.15, 0.2) is 0 Å². The SMILES string of the molecule is CC1CC(Oc2ccnc3cc(C(F)(F)F)ccc23)CN1I. The maximum absolute atomic E-state index is 12.8. The molecule has 7 heteroatoms. The molecular formula is C15H14F3IN2O. The third kappa shape index (κ3) is 3.15. The largest absolute Gasteiger partial charge is 0.488 e. The van der Waals surface area contributed by atoms with Gasteiger partial charge in [0, 0.05) is 53.5 Å². The lowest BCUT2D eigenvalue weighted by Gasteiger charge is -2.15. The van der Waals surface area contributed by atoms with Crippen molar-refractivity contribution in [1.82, 2.24) is 8.10 Å². The minimum atomic E-state index is -4.37. The molecule has 0 bridgehead atoms. The third-order valence-corrected chi connectivity index (χ3v) is 5.13. The van der Waals surface area contributed by atoms with E-state index < -0.39 is 11.7 Å². The molecular weight excluding hydrogens is 408 g/mol. The Hall–Kier alpha value is -1.09. The summed E-state index contributed by atoms with van der Waals surface area (Å²) >= 11 is 2.26. The number of ether oxygens (including phenoxy) is 1. The Morgan fingerprint density at radius 2 is 2.09 bits per heavy atom. The molecule has 118 valence electrons. The van der Waals surface area contributed by atoms with Crippen molar-refractivity contribution in [3.8, 4) is 5.75 Å². The van der Waals surface area contributed by atoms with Crippen LogP contribution in [0.3, 0.4) is 0 Å². The lowest BCUT2D eigenvalue weighted by Crippen LogP contribution is -2.19. The van der Waals surface area contributed by atoms with Crippen LogP contribution in [-0.4, -0.2) is 26.8 Å². The van der Waals surface area contributed by atoms with Crippen LogP contribution in [0.5, 0.6) is 5.75 Å². The van der Waals surface area contributed by atoms with E-state index in [0.29, 0.717) is 22.7 Å². The highest BCUT2D eigenvalue weighted by Crippen LogP contribution is 2.34. The predicted octanol–water partition coefficient (Wildman–Crippen LogP) is 4.45. The number of benzene rings is 1. The van der Waals surface area contributed by atoms with Crippen LogP contribution >= 0.6 is 22.9 Å². The van der Waals surface area contributed by atoms with Gasteiger partial charge in [-0.3, -0.25) is 4.98 Å². The van der Waals surface area contributed by atoms with Crippen LogP contribution < -0.4 is 4.74 Å². The lowest BCUT2D eigenvalue weighted by molar-refractivity contribution is -0.137. The van der Waals surface area contributed by atoms with Crippen LogP contribution in [0.1, 0.15) is 18.9 Å². The van der Waals surface area contributed by atoms with E-state index in [1.807, 2.05) is 0 Å². The van der Waals surface area contributed by atoms with Crippen molar-refractivity contribution in [2.75, 3.05) is 6.54 Å². The second-order valence-electron chi connectivity index (χ2n) is 5.45. The monoisotopic (exact) mass is 422 g/mol. The van der Waals surface area contributed by atoms with Crippen molar-refractivity contribution in [3.05, 3.63) is 36.0 Å². The summed E-state index contributed by atoms with van der Waals surface area (Å²) in [6.45, 7) is 2.92. The van der Waals surface area contributed by atoms with Crippen LogP contribution in [0.2, 0.25) is 0 Å². The summed E-state index contributed by atoms with van der Waals surface area (Å²) in [5.74, 6) is 0.586. The van der Waals surface area contributed by atoms with Crippen LogP contribution in [-0.2, 0) is 6.18 Å². The first-order valence-corrected chi connectivity index (χ1v) is 7.86. The molecule has 0 spiro atoms. The molecule has 0 saturated carbocycles. The summed E-state index contributed by atoms with van der Waals surface area (Å²) in [6, 6.07) is 5.69. The molecule has 2 heterocycles. The van der Waals surface area contributed by atoms with Gasteiger partial charge < -0.3 is 4.74 Å². The highest BCUT2D eigenvalue weighted by Gasteiger charge is 2.31. The van der Waals surface area contributed by atoms with Gasteiger partial charge in [-0.25, -0.2) is 3.11 Å². The molecule has 0 aliphatic carbocycles. The number of aromatic nitrogens is 1. The zero-order chi connectivity index (χ0) is 15.9. The molecule has 3 rings (SSSR count). The van der Waals surface area contributed by atoms with E-state index in [1.54, 1.807) is 6.07 Å². The zero-order valence-electron chi connectivity index (χ0n) is 11.8. The van der Waals surface area contributed by atoms with Crippen molar-refractivity contribution < 1.29 is 17.9 Å². The molecule has 3 nitrogen and oxygen atoms in total. The molecule has 2 aromatic rings. The molecule has 0 amide bonds. The fourth-order valence-corrected chi connectivity index (χ4v) is 3.28. The van der Waals surface area contributed by atoms with E-state index in [2.05, 4.69) is 37.9 Å². The molecule has 1 fully saturated rings. The number of hydrogen-bond acceptors (Lipinski definition) is 3. The van der Waals surface area contributed by atoms with Crippen molar-refractivity contribution in [2.45, 2.75) is 31.7 Å². The van der Waals surface area contributed by atoms with Crippen LogP contribution in [0.25, 0.3) is 10.9 Å². The molecule has 0 radical (unpaired) electrons. The van der Waals surface area contributed by atoms with E-state index in [9.17, 15) is 13.2 Å².